The third-order valence-electron chi connectivity index (χ3n) is 6.57. The molecular formula is C25H28BrN5O5S. The molecule has 0 saturated heterocycles. The van der Waals surface area contributed by atoms with Crippen LogP contribution in [0, 0.1) is 0 Å². The summed E-state index contributed by atoms with van der Waals surface area (Å²) in [5, 5.41) is 3.46. The summed E-state index contributed by atoms with van der Waals surface area (Å²) in [7, 11) is -2.27. The van der Waals surface area contributed by atoms with E-state index in [1.54, 1.807) is 56.7 Å². The highest BCUT2D eigenvalue weighted by Gasteiger charge is 2.33. The Morgan fingerprint density at radius 3 is 2.57 bits per heavy atom. The summed E-state index contributed by atoms with van der Waals surface area (Å²) in [6, 6.07) is 9.49. The number of aromatic nitrogens is 4. The number of benzene rings is 1. The molecule has 0 spiro atoms. The Hall–Kier alpha value is -3.12. The van der Waals surface area contributed by atoms with Gasteiger partial charge in [-0.05, 0) is 74.2 Å². The monoisotopic (exact) mass is 589 g/mol. The first-order valence-electron chi connectivity index (χ1n) is 12.0. The second kappa shape index (κ2) is 9.02. The summed E-state index contributed by atoms with van der Waals surface area (Å²) >= 11 is 3.41. The minimum absolute atomic E-state index is 0.132. The molecule has 1 saturated carbocycles. The van der Waals surface area contributed by atoms with Gasteiger partial charge in [-0.25, -0.2) is 27.0 Å². The van der Waals surface area contributed by atoms with E-state index in [4.69, 9.17) is 4.74 Å². The van der Waals surface area contributed by atoms with E-state index in [9.17, 15) is 18.0 Å². The normalized spacial score (nSPS) is 18.5. The standard InChI is InChI=1S/C25H28BrN5O5S/c1-25(2,3)36-23(32)28-15-10-11-16(12-15)30-21-18-13-20(26)31(37(34,35)17-8-6-5-7-9-17)22(18)27-14-19(21)29(4)24(30)33/h5-9,13-16H,10-12H2,1-4H3,(H,28,32)/t15-,16-/m1/s1. The van der Waals surface area contributed by atoms with E-state index in [1.807, 2.05) is 0 Å². The minimum Gasteiger partial charge on any atom is -0.444 e. The number of fused-ring (bicyclic) bond motifs is 3. The van der Waals surface area contributed by atoms with E-state index in [0.29, 0.717) is 40.3 Å². The molecule has 3 heterocycles. The van der Waals surface area contributed by atoms with Crippen molar-refractivity contribution in [3.63, 3.8) is 0 Å². The van der Waals surface area contributed by atoms with Gasteiger partial charge in [-0.1, -0.05) is 18.2 Å². The fraction of sp³-hybridized carbons (Fsp3) is 0.400. The van der Waals surface area contributed by atoms with E-state index in [2.05, 4.69) is 26.2 Å². The lowest BCUT2D eigenvalue weighted by molar-refractivity contribution is 0.0504. The number of nitrogens with zero attached hydrogens (tertiary/aromatic N) is 4. The Labute approximate surface area is 222 Å². The molecular weight excluding hydrogens is 562 g/mol. The molecule has 0 unspecified atom stereocenters. The number of pyridine rings is 1. The molecule has 0 aliphatic heterocycles. The van der Waals surface area contributed by atoms with Gasteiger partial charge in [0.15, 0.2) is 5.65 Å². The Balaban J connectivity index is 1.59. The number of amides is 1. The maximum atomic E-state index is 13.5. The highest BCUT2D eigenvalue weighted by atomic mass is 79.9. The first-order chi connectivity index (χ1) is 17.4. The van der Waals surface area contributed by atoms with Gasteiger partial charge in [-0.3, -0.25) is 9.13 Å². The lowest BCUT2D eigenvalue weighted by atomic mass is 10.2. The lowest BCUT2D eigenvalue weighted by Gasteiger charge is -2.22. The minimum atomic E-state index is -3.94. The highest BCUT2D eigenvalue weighted by molar-refractivity contribution is 9.10. The second-order valence-electron chi connectivity index (χ2n) is 10.3. The first-order valence-corrected chi connectivity index (χ1v) is 14.2. The molecule has 1 aromatic carbocycles. The van der Waals surface area contributed by atoms with Gasteiger partial charge in [0, 0.05) is 24.5 Å². The van der Waals surface area contributed by atoms with Crippen molar-refractivity contribution in [2.45, 2.75) is 62.6 Å². The molecule has 37 heavy (non-hydrogen) atoms. The highest BCUT2D eigenvalue weighted by Crippen LogP contribution is 2.36. The fourth-order valence-electron chi connectivity index (χ4n) is 4.99. The first kappa shape index (κ1) is 25.5. The Morgan fingerprint density at radius 2 is 1.89 bits per heavy atom. The molecule has 1 aliphatic rings. The van der Waals surface area contributed by atoms with Gasteiger partial charge in [0.05, 0.1) is 22.1 Å². The van der Waals surface area contributed by atoms with Crippen molar-refractivity contribution in [1.82, 2.24) is 23.4 Å². The van der Waals surface area contributed by atoms with Crippen LogP contribution >= 0.6 is 15.9 Å². The van der Waals surface area contributed by atoms with Crippen LogP contribution in [0.5, 0.6) is 0 Å². The Morgan fingerprint density at radius 1 is 1.19 bits per heavy atom. The molecule has 3 aromatic heterocycles. The maximum absolute atomic E-state index is 13.5. The fourth-order valence-corrected chi connectivity index (χ4v) is 7.33. The van der Waals surface area contributed by atoms with Crippen LogP contribution in [0.2, 0.25) is 0 Å². The van der Waals surface area contributed by atoms with E-state index in [-0.39, 0.29) is 28.3 Å². The van der Waals surface area contributed by atoms with Gasteiger partial charge in [0.2, 0.25) is 0 Å². The number of ether oxygens (including phenoxy) is 1. The van der Waals surface area contributed by atoms with E-state index >= 15 is 0 Å². The van der Waals surface area contributed by atoms with Crippen LogP contribution in [0.3, 0.4) is 0 Å². The van der Waals surface area contributed by atoms with Gasteiger partial charge in [0.1, 0.15) is 10.2 Å². The maximum Gasteiger partial charge on any atom is 0.407 e. The van der Waals surface area contributed by atoms with Crippen LogP contribution < -0.4 is 11.0 Å². The molecule has 1 amide bonds. The van der Waals surface area contributed by atoms with Crippen LogP contribution in [0.15, 0.2) is 56.9 Å². The summed E-state index contributed by atoms with van der Waals surface area (Å²) in [4.78, 5) is 30.3. The quantitative estimate of drug-likeness (QED) is 0.379. The predicted molar refractivity (Wildman–Crippen MR) is 143 cm³/mol. The number of rotatable bonds is 4. The largest absolute Gasteiger partial charge is 0.444 e. The number of hydrogen-bond donors (Lipinski definition) is 1. The van der Waals surface area contributed by atoms with Crippen LogP contribution in [-0.2, 0) is 21.8 Å². The van der Waals surface area contributed by atoms with Crippen LogP contribution in [0.4, 0.5) is 4.79 Å². The molecule has 1 aliphatic carbocycles. The molecule has 10 nitrogen and oxygen atoms in total. The van der Waals surface area contributed by atoms with Gasteiger partial charge in [0.25, 0.3) is 10.0 Å². The second-order valence-corrected chi connectivity index (χ2v) is 12.9. The average Bonchev–Trinajstić information content (AvgIpc) is 3.47. The molecule has 12 heteroatoms. The summed E-state index contributed by atoms with van der Waals surface area (Å²) < 4.78 is 37.1. The molecule has 4 aromatic rings. The summed E-state index contributed by atoms with van der Waals surface area (Å²) in [6.07, 6.45) is 2.96. The third kappa shape index (κ3) is 4.46. The zero-order valence-corrected chi connectivity index (χ0v) is 23.3. The number of alkyl carbamates (subject to hydrolysis) is 1. The van der Waals surface area contributed by atoms with Crippen LogP contribution in [-0.4, -0.2) is 44.2 Å². The molecule has 196 valence electrons. The molecule has 1 N–H and O–H groups in total. The Kier molecular flexibility index (Phi) is 6.22. The van der Waals surface area contributed by atoms with Crippen molar-refractivity contribution >= 4 is 54.1 Å². The van der Waals surface area contributed by atoms with Gasteiger partial charge < -0.3 is 10.1 Å². The topological polar surface area (TPSA) is 117 Å². The predicted octanol–water partition coefficient (Wildman–Crippen LogP) is 4.31. The lowest BCUT2D eigenvalue weighted by Crippen LogP contribution is -2.38. The molecule has 5 rings (SSSR count). The van der Waals surface area contributed by atoms with Crippen LogP contribution in [0.1, 0.15) is 46.1 Å². The molecule has 0 radical (unpaired) electrons. The smallest absolute Gasteiger partial charge is 0.407 e. The number of aryl methyl sites for hydroxylation is 1. The molecule has 0 bridgehead atoms. The Bertz CT molecular complexity index is 1680. The number of carbonyl (C=O) groups excluding carboxylic acids is 1. The summed E-state index contributed by atoms with van der Waals surface area (Å²) in [5.74, 6) is 0. The van der Waals surface area contributed by atoms with Crippen molar-refractivity contribution in [3.8, 4) is 0 Å². The third-order valence-corrected chi connectivity index (χ3v) is 9.10. The van der Waals surface area contributed by atoms with Gasteiger partial charge in [-0.2, -0.15) is 0 Å². The number of carbonyl (C=O) groups is 1. The number of imidazole rings is 1. The number of nitrogens with one attached hydrogen (secondary N) is 1. The zero-order chi connectivity index (χ0) is 26.7. The van der Waals surface area contributed by atoms with Crippen molar-refractivity contribution in [2.75, 3.05) is 0 Å². The van der Waals surface area contributed by atoms with Gasteiger partial charge in [-0.15, -0.1) is 0 Å². The van der Waals surface area contributed by atoms with Crippen molar-refractivity contribution in [3.05, 3.63) is 57.7 Å². The van der Waals surface area contributed by atoms with Gasteiger partial charge >= 0.3 is 11.8 Å². The van der Waals surface area contributed by atoms with E-state index < -0.39 is 21.7 Å². The number of halogens is 1. The summed E-state index contributed by atoms with van der Waals surface area (Å²) in [6.45, 7) is 5.42. The molecule has 2 atom stereocenters. The summed E-state index contributed by atoms with van der Waals surface area (Å²) in [5.41, 5.74) is 0.616. The number of hydrogen-bond acceptors (Lipinski definition) is 6. The van der Waals surface area contributed by atoms with E-state index in [1.165, 1.54) is 22.9 Å². The van der Waals surface area contributed by atoms with Crippen molar-refractivity contribution in [1.29, 1.82) is 0 Å². The molecule has 1 fully saturated rings. The van der Waals surface area contributed by atoms with Crippen LogP contribution in [0.25, 0.3) is 22.1 Å². The van der Waals surface area contributed by atoms with Crippen molar-refractivity contribution < 1.29 is 17.9 Å². The van der Waals surface area contributed by atoms with E-state index in [0.717, 1.165) is 3.97 Å². The average molecular weight is 590 g/mol. The zero-order valence-electron chi connectivity index (χ0n) is 20.9. The SMILES string of the molecule is Cn1c(=O)n([C@@H]2CC[C@@H](NC(=O)OC(C)(C)C)C2)c2c3cc(Br)n(S(=O)(=O)c4ccccc4)c3ncc21. The van der Waals surface area contributed by atoms with Crippen molar-refractivity contribution in [2.24, 2.45) is 7.05 Å².